The largest absolute Gasteiger partial charge is 0.342 e. The molecule has 1 aromatic heterocycles. The van der Waals surface area contributed by atoms with Crippen molar-refractivity contribution in [2.75, 3.05) is 14.1 Å². The fourth-order valence-corrected chi connectivity index (χ4v) is 3.71. The van der Waals surface area contributed by atoms with Gasteiger partial charge in [0.25, 0.3) is 11.8 Å². The maximum absolute atomic E-state index is 12.7. The van der Waals surface area contributed by atoms with E-state index in [1.165, 1.54) is 20.9 Å². The van der Waals surface area contributed by atoms with Gasteiger partial charge in [-0.1, -0.05) is 48.0 Å². The number of nitrogens with zero attached hydrogens (tertiary/aromatic N) is 3. The number of fused-ring (bicyclic) bond motifs is 1. The molecule has 0 radical (unpaired) electrons. The van der Waals surface area contributed by atoms with Crippen molar-refractivity contribution in [3.8, 4) is 0 Å². The van der Waals surface area contributed by atoms with E-state index >= 15 is 0 Å². The number of para-hydroxylation sites is 1. The van der Waals surface area contributed by atoms with E-state index in [0.29, 0.717) is 6.54 Å². The minimum atomic E-state index is -0.381. The van der Waals surface area contributed by atoms with Crippen LogP contribution in [0.3, 0.4) is 0 Å². The normalized spacial score (nSPS) is 14.9. The maximum atomic E-state index is 12.7. The second-order valence-corrected chi connectivity index (χ2v) is 7.65. The molecule has 2 heterocycles. The van der Waals surface area contributed by atoms with Crippen LogP contribution < -0.4 is 0 Å². The van der Waals surface area contributed by atoms with Crippen molar-refractivity contribution in [1.29, 1.82) is 0 Å². The molecule has 0 spiro atoms. The SMILES string of the molecule is Cc1ccc(Cn2cc(C=C3C(=O)N(C)C(=S)N(C)C3=O)c3ccccc32)cc1. The van der Waals surface area contributed by atoms with Gasteiger partial charge in [0, 0.05) is 43.3 Å². The van der Waals surface area contributed by atoms with Gasteiger partial charge in [-0.3, -0.25) is 19.4 Å². The van der Waals surface area contributed by atoms with Gasteiger partial charge in [0.2, 0.25) is 0 Å². The Morgan fingerprint density at radius 3 is 2.21 bits per heavy atom. The summed E-state index contributed by atoms with van der Waals surface area (Å²) >= 11 is 5.16. The zero-order valence-corrected chi connectivity index (χ0v) is 17.4. The van der Waals surface area contributed by atoms with Crippen molar-refractivity contribution < 1.29 is 9.59 Å². The zero-order valence-electron chi connectivity index (χ0n) is 16.5. The van der Waals surface area contributed by atoms with E-state index in [4.69, 9.17) is 12.2 Å². The summed E-state index contributed by atoms with van der Waals surface area (Å²) in [4.78, 5) is 28.0. The Morgan fingerprint density at radius 2 is 1.55 bits per heavy atom. The highest BCUT2D eigenvalue weighted by molar-refractivity contribution is 7.80. The third-order valence-corrected chi connectivity index (χ3v) is 5.78. The van der Waals surface area contributed by atoms with Crippen molar-refractivity contribution in [2.24, 2.45) is 0 Å². The van der Waals surface area contributed by atoms with E-state index in [-0.39, 0.29) is 22.5 Å². The van der Waals surface area contributed by atoms with E-state index in [1.807, 2.05) is 30.5 Å². The van der Waals surface area contributed by atoms with Gasteiger partial charge in [0.15, 0.2) is 5.11 Å². The summed E-state index contributed by atoms with van der Waals surface area (Å²) in [5.74, 6) is -0.762. The topological polar surface area (TPSA) is 45.6 Å². The second-order valence-electron chi connectivity index (χ2n) is 7.28. The molecule has 5 nitrogen and oxygen atoms in total. The molecule has 0 atom stereocenters. The number of hydrogen-bond acceptors (Lipinski definition) is 3. The number of aryl methyl sites for hydroxylation is 1. The molecule has 6 heteroatoms. The summed E-state index contributed by atoms with van der Waals surface area (Å²) < 4.78 is 2.14. The molecular formula is C23H21N3O2S. The van der Waals surface area contributed by atoms with Crippen molar-refractivity contribution in [2.45, 2.75) is 13.5 Å². The van der Waals surface area contributed by atoms with Crippen LogP contribution in [0.15, 0.2) is 60.3 Å². The number of likely N-dealkylation sites (N-methyl/N-ethyl adjacent to an activating group) is 2. The highest BCUT2D eigenvalue weighted by atomic mass is 32.1. The number of carbonyl (C=O) groups is 2. The first-order chi connectivity index (χ1) is 13.9. The summed E-state index contributed by atoms with van der Waals surface area (Å²) in [5.41, 5.74) is 4.40. The molecule has 1 saturated heterocycles. The first kappa shape index (κ1) is 19.1. The zero-order chi connectivity index (χ0) is 20.7. The molecule has 0 bridgehead atoms. The summed E-state index contributed by atoms with van der Waals surface area (Å²) in [5, 5.41) is 1.20. The molecule has 1 aliphatic rings. The average molecular weight is 404 g/mol. The van der Waals surface area contributed by atoms with Crippen LogP contribution in [0.25, 0.3) is 17.0 Å². The van der Waals surface area contributed by atoms with Crippen molar-refractivity contribution in [3.63, 3.8) is 0 Å². The lowest BCUT2D eigenvalue weighted by molar-refractivity contribution is -0.132. The monoisotopic (exact) mass is 403 g/mol. The van der Waals surface area contributed by atoms with Gasteiger partial charge in [0.05, 0.1) is 0 Å². The maximum Gasteiger partial charge on any atom is 0.265 e. The van der Waals surface area contributed by atoms with E-state index in [9.17, 15) is 9.59 Å². The lowest BCUT2D eigenvalue weighted by atomic mass is 10.1. The molecule has 29 heavy (non-hydrogen) atoms. The minimum Gasteiger partial charge on any atom is -0.342 e. The molecule has 0 aliphatic carbocycles. The van der Waals surface area contributed by atoms with Gasteiger partial charge < -0.3 is 4.57 Å². The quantitative estimate of drug-likeness (QED) is 0.381. The van der Waals surface area contributed by atoms with Crippen LogP contribution in [-0.4, -0.2) is 45.4 Å². The van der Waals surface area contributed by atoms with E-state index in [1.54, 1.807) is 20.2 Å². The Labute approximate surface area is 174 Å². The summed E-state index contributed by atoms with van der Waals surface area (Å²) in [7, 11) is 3.17. The summed E-state index contributed by atoms with van der Waals surface area (Å²) in [6, 6.07) is 16.4. The lowest BCUT2D eigenvalue weighted by Gasteiger charge is -2.31. The van der Waals surface area contributed by atoms with Gasteiger partial charge in [-0.2, -0.15) is 0 Å². The highest BCUT2D eigenvalue weighted by Crippen LogP contribution is 2.26. The van der Waals surface area contributed by atoms with Crippen LogP contribution in [0.1, 0.15) is 16.7 Å². The number of carbonyl (C=O) groups excluding carboxylic acids is 2. The second kappa shape index (κ2) is 7.29. The van der Waals surface area contributed by atoms with Crippen LogP contribution in [0.4, 0.5) is 0 Å². The van der Waals surface area contributed by atoms with Crippen molar-refractivity contribution in [1.82, 2.24) is 14.4 Å². The molecule has 0 unspecified atom stereocenters. The molecule has 0 N–H and O–H groups in total. The number of hydrogen-bond donors (Lipinski definition) is 0. The number of benzene rings is 2. The Morgan fingerprint density at radius 1 is 0.931 bits per heavy atom. The van der Waals surface area contributed by atoms with E-state index in [2.05, 4.69) is 35.8 Å². The van der Waals surface area contributed by atoms with Gasteiger partial charge in [-0.25, -0.2) is 0 Å². The summed E-state index contributed by atoms with van der Waals surface area (Å²) in [6.45, 7) is 2.77. The molecule has 1 aliphatic heterocycles. The highest BCUT2D eigenvalue weighted by Gasteiger charge is 2.35. The lowest BCUT2D eigenvalue weighted by Crippen LogP contribution is -2.52. The van der Waals surface area contributed by atoms with Crippen molar-refractivity contribution in [3.05, 3.63) is 77.0 Å². The van der Waals surface area contributed by atoms with Crippen LogP contribution in [-0.2, 0) is 16.1 Å². The fraction of sp³-hybridized carbons (Fsp3) is 0.174. The predicted octanol–water partition coefficient (Wildman–Crippen LogP) is 3.60. The Hall–Kier alpha value is -3.25. The molecular weight excluding hydrogens is 382 g/mol. The molecule has 2 amide bonds. The van der Waals surface area contributed by atoms with Crippen molar-refractivity contribution >= 4 is 46.1 Å². The van der Waals surface area contributed by atoms with E-state index < -0.39 is 0 Å². The number of rotatable bonds is 3. The van der Waals surface area contributed by atoms with Crippen LogP contribution in [0.5, 0.6) is 0 Å². The van der Waals surface area contributed by atoms with Crippen LogP contribution >= 0.6 is 12.2 Å². The van der Waals surface area contributed by atoms with Crippen LogP contribution in [0, 0.1) is 6.92 Å². The standard InChI is InChI=1S/C23H21N3O2S/c1-15-8-10-16(11-9-15)13-26-14-17(18-6-4-5-7-20(18)26)12-19-21(27)24(2)23(29)25(3)22(19)28/h4-12,14H,13H2,1-3H3. The first-order valence-electron chi connectivity index (χ1n) is 9.32. The minimum absolute atomic E-state index is 0.113. The van der Waals surface area contributed by atoms with Crippen LogP contribution in [0.2, 0.25) is 0 Å². The third kappa shape index (κ3) is 3.36. The molecule has 0 saturated carbocycles. The Balaban J connectivity index is 1.79. The number of amides is 2. The predicted molar refractivity (Wildman–Crippen MR) is 118 cm³/mol. The Kier molecular flexibility index (Phi) is 4.80. The van der Waals surface area contributed by atoms with E-state index in [0.717, 1.165) is 16.5 Å². The third-order valence-electron chi connectivity index (χ3n) is 5.24. The van der Waals surface area contributed by atoms with Gasteiger partial charge in [-0.15, -0.1) is 0 Å². The molecule has 3 aromatic rings. The first-order valence-corrected chi connectivity index (χ1v) is 9.73. The molecule has 2 aromatic carbocycles. The van der Waals surface area contributed by atoms with Gasteiger partial charge in [0.1, 0.15) is 5.57 Å². The van der Waals surface area contributed by atoms with Gasteiger partial charge >= 0.3 is 0 Å². The molecule has 1 fully saturated rings. The Bertz CT molecular complexity index is 1150. The fourth-order valence-electron chi connectivity index (χ4n) is 3.54. The summed E-state index contributed by atoms with van der Waals surface area (Å²) in [6.07, 6.45) is 3.67. The number of aromatic nitrogens is 1. The molecule has 4 rings (SSSR count). The molecule has 146 valence electrons. The number of thiocarbonyl (C=S) groups is 1. The smallest absolute Gasteiger partial charge is 0.265 e. The average Bonchev–Trinajstić information content (AvgIpc) is 3.07. The van der Waals surface area contributed by atoms with Gasteiger partial charge in [-0.05, 0) is 36.8 Å².